The van der Waals surface area contributed by atoms with Gasteiger partial charge in [-0.3, -0.25) is 0 Å². The van der Waals surface area contributed by atoms with E-state index in [1.165, 1.54) is 22.3 Å². The van der Waals surface area contributed by atoms with Crippen LogP contribution in [0.15, 0.2) is 54.7 Å². The number of anilines is 1. The topological polar surface area (TPSA) is 12.0 Å². The molecule has 92 valence electrons. The summed E-state index contributed by atoms with van der Waals surface area (Å²) in [6.45, 7) is 6.38. The summed E-state index contributed by atoms with van der Waals surface area (Å²) in [5, 5.41) is 3.35. The molecule has 0 bridgehead atoms. The molecule has 0 saturated heterocycles. The van der Waals surface area contributed by atoms with Gasteiger partial charge in [-0.25, -0.2) is 0 Å². The number of nitrogens with one attached hydrogen (secondary N) is 1. The van der Waals surface area contributed by atoms with Crippen LogP contribution in [0.25, 0.3) is 5.57 Å². The first-order valence-electron chi connectivity index (χ1n) is 6.23. The summed E-state index contributed by atoms with van der Waals surface area (Å²) in [6, 6.07) is 16.8. The molecule has 0 aliphatic carbocycles. The molecule has 2 rings (SSSR count). The lowest BCUT2D eigenvalue weighted by atomic mass is 10.1. The van der Waals surface area contributed by atoms with Crippen molar-refractivity contribution in [2.75, 3.05) is 5.32 Å². The van der Waals surface area contributed by atoms with E-state index in [0.717, 1.165) is 5.69 Å². The van der Waals surface area contributed by atoms with Crippen LogP contribution in [-0.4, -0.2) is 0 Å². The normalized spacial score (nSPS) is 11.4. The summed E-state index contributed by atoms with van der Waals surface area (Å²) in [7, 11) is 0. The second kappa shape index (κ2) is 5.54. The van der Waals surface area contributed by atoms with Gasteiger partial charge in [-0.1, -0.05) is 36.4 Å². The quantitative estimate of drug-likeness (QED) is 0.810. The summed E-state index contributed by atoms with van der Waals surface area (Å²) in [4.78, 5) is 0. The highest BCUT2D eigenvalue weighted by atomic mass is 14.8. The van der Waals surface area contributed by atoms with E-state index in [-0.39, 0.29) is 0 Å². The largest absolute Gasteiger partial charge is 0.361 e. The van der Waals surface area contributed by atoms with Crippen molar-refractivity contribution in [3.63, 3.8) is 0 Å². The third kappa shape index (κ3) is 3.01. The second-order valence-corrected chi connectivity index (χ2v) is 4.64. The van der Waals surface area contributed by atoms with Crippen LogP contribution in [0, 0.1) is 13.8 Å². The predicted octanol–water partition coefficient (Wildman–Crippen LogP) is 4.78. The van der Waals surface area contributed by atoms with Gasteiger partial charge in [0.2, 0.25) is 0 Å². The molecule has 2 aromatic rings. The molecule has 2 aromatic carbocycles. The third-order valence-electron chi connectivity index (χ3n) is 3.19. The molecule has 0 aliphatic heterocycles. The Morgan fingerprint density at radius 1 is 0.944 bits per heavy atom. The van der Waals surface area contributed by atoms with Gasteiger partial charge >= 0.3 is 0 Å². The van der Waals surface area contributed by atoms with Crippen LogP contribution >= 0.6 is 0 Å². The van der Waals surface area contributed by atoms with Crippen molar-refractivity contribution in [3.05, 3.63) is 71.4 Å². The third-order valence-corrected chi connectivity index (χ3v) is 3.19. The molecule has 0 aromatic heterocycles. The Morgan fingerprint density at radius 2 is 1.67 bits per heavy atom. The molecule has 0 spiro atoms. The molecular formula is C17H19N. The van der Waals surface area contributed by atoms with E-state index >= 15 is 0 Å². The molecular weight excluding hydrogens is 218 g/mol. The Bertz CT molecular complexity index is 553. The van der Waals surface area contributed by atoms with Gasteiger partial charge in [0, 0.05) is 11.9 Å². The van der Waals surface area contributed by atoms with Crippen molar-refractivity contribution < 1.29 is 0 Å². The Kier molecular flexibility index (Phi) is 3.83. The fourth-order valence-corrected chi connectivity index (χ4v) is 1.81. The molecule has 0 radical (unpaired) electrons. The van der Waals surface area contributed by atoms with Gasteiger partial charge in [0.05, 0.1) is 0 Å². The highest BCUT2D eigenvalue weighted by Gasteiger charge is 1.96. The fourth-order valence-electron chi connectivity index (χ4n) is 1.81. The molecule has 0 heterocycles. The number of allylic oxidation sites excluding steroid dienone is 1. The number of hydrogen-bond acceptors (Lipinski definition) is 1. The highest BCUT2D eigenvalue weighted by Crippen LogP contribution is 2.17. The van der Waals surface area contributed by atoms with Crippen LogP contribution < -0.4 is 5.32 Å². The Labute approximate surface area is 109 Å². The molecule has 0 fully saturated rings. The van der Waals surface area contributed by atoms with Crippen molar-refractivity contribution in [2.45, 2.75) is 20.8 Å². The second-order valence-electron chi connectivity index (χ2n) is 4.64. The Morgan fingerprint density at radius 3 is 2.33 bits per heavy atom. The molecule has 0 amide bonds. The van der Waals surface area contributed by atoms with Crippen molar-refractivity contribution >= 4 is 11.3 Å². The summed E-state index contributed by atoms with van der Waals surface area (Å²) in [5.74, 6) is 0. The van der Waals surface area contributed by atoms with Gasteiger partial charge in [0.1, 0.15) is 0 Å². The maximum Gasteiger partial charge on any atom is 0.0382 e. The van der Waals surface area contributed by atoms with E-state index in [1.54, 1.807) is 0 Å². The Balaban J connectivity index is 2.13. The minimum Gasteiger partial charge on any atom is -0.361 e. The fraction of sp³-hybridized carbons (Fsp3) is 0.176. The first kappa shape index (κ1) is 12.4. The van der Waals surface area contributed by atoms with E-state index in [1.807, 2.05) is 6.07 Å². The van der Waals surface area contributed by atoms with Crippen molar-refractivity contribution in [2.24, 2.45) is 0 Å². The first-order chi connectivity index (χ1) is 8.66. The average Bonchev–Trinajstić information content (AvgIpc) is 2.41. The monoisotopic (exact) mass is 237 g/mol. The average molecular weight is 237 g/mol. The van der Waals surface area contributed by atoms with Crippen LogP contribution in [0.2, 0.25) is 0 Å². The van der Waals surface area contributed by atoms with Gasteiger partial charge in [-0.2, -0.15) is 0 Å². The van der Waals surface area contributed by atoms with E-state index in [4.69, 9.17) is 0 Å². The van der Waals surface area contributed by atoms with Crippen LogP contribution in [0.1, 0.15) is 23.6 Å². The van der Waals surface area contributed by atoms with Crippen LogP contribution in [0.5, 0.6) is 0 Å². The van der Waals surface area contributed by atoms with E-state index in [2.05, 4.69) is 74.8 Å². The maximum atomic E-state index is 3.35. The van der Waals surface area contributed by atoms with Gasteiger partial charge in [-0.15, -0.1) is 0 Å². The number of benzene rings is 2. The lowest BCUT2D eigenvalue weighted by Crippen LogP contribution is -1.91. The number of aryl methyl sites for hydroxylation is 2. The number of rotatable bonds is 3. The SMILES string of the molecule is C/C(=C\Nc1ccc(C)c(C)c1)c1ccccc1. The zero-order valence-electron chi connectivity index (χ0n) is 11.2. The smallest absolute Gasteiger partial charge is 0.0382 e. The minimum absolute atomic E-state index is 1.13. The lowest BCUT2D eigenvalue weighted by molar-refractivity contribution is 1.34. The van der Waals surface area contributed by atoms with E-state index < -0.39 is 0 Å². The minimum atomic E-state index is 1.13. The van der Waals surface area contributed by atoms with Crippen LogP contribution in [-0.2, 0) is 0 Å². The summed E-state index contributed by atoms with van der Waals surface area (Å²) < 4.78 is 0. The van der Waals surface area contributed by atoms with Crippen LogP contribution in [0.4, 0.5) is 5.69 Å². The molecule has 0 unspecified atom stereocenters. The summed E-state index contributed by atoms with van der Waals surface area (Å²) >= 11 is 0. The van der Waals surface area contributed by atoms with Crippen molar-refractivity contribution in [3.8, 4) is 0 Å². The van der Waals surface area contributed by atoms with Crippen molar-refractivity contribution in [1.29, 1.82) is 0 Å². The van der Waals surface area contributed by atoms with Gasteiger partial charge in [0.15, 0.2) is 0 Å². The zero-order valence-corrected chi connectivity index (χ0v) is 11.2. The summed E-state index contributed by atoms with van der Waals surface area (Å²) in [6.07, 6.45) is 2.06. The molecule has 1 heteroatoms. The molecule has 0 atom stereocenters. The highest BCUT2D eigenvalue weighted by molar-refractivity contribution is 5.66. The maximum absolute atomic E-state index is 3.35. The molecule has 18 heavy (non-hydrogen) atoms. The predicted molar refractivity (Wildman–Crippen MR) is 79.6 cm³/mol. The van der Waals surface area contributed by atoms with Crippen LogP contribution in [0.3, 0.4) is 0 Å². The summed E-state index contributed by atoms with van der Waals surface area (Å²) in [5.41, 5.74) is 6.24. The van der Waals surface area contributed by atoms with E-state index in [0.29, 0.717) is 0 Å². The molecule has 0 saturated carbocycles. The van der Waals surface area contributed by atoms with E-state index in [9.17, 15) is 0 Å². The number of hydrogen-bond donors (Lipinski definition) is 1. The van der Waals surface area contributed by atoms with Crippen molar-refractivity contribution in [1.82, 2.24) is 0 Å². The van der Waals surface area contributed by atoms with Gasteiger partial charge < -0.3 is 5.32 Å². The lowest BCUT2D eigenvalue weighted by Gasteiger charge is -2.07. The first-order valence-corrected chi connectivity index (χ1v) is 6.23. The molecule has 1 N–H and O–H groups in total. The molecule has 0 aliphatic rings. The Hall–Kier alpha value is -2.02. The van der Waals surface area contributed by atoms with Gasteiger partial charge in [0.25, 0.3) is 0 Å². The standard InChI is InChI=1S/C17H19N/c1-13-9-10-17(11-14(13)2)18-12-15(3)16-7-5-4-6-8-16/h4-12,18H,1-3H3/b15-12+. The zero-order chi connectivity index (χ0) is 13.0. The molecule has 1 nitrogen and oxygen atoms in total. The van der Waals surface area contributed by atoms with Gasteiger partial charge in [-0.05, 0) is 55.2 Å².